The summed E-state index contributed by atoms with van der Waals surface area (Å²) in [5.74, 6) is -4.15. The molecule has 2 unspecified atom stereocenters. The summed E-state index contributed by atoms with van der Waals surface area (Å²) in [6.07, 6.45) is 4.88. The van der Waals surface area contributed by atoms with Gasteiger partial charge in [0.05, 0.1) is 17.8 Å². The van der Waals surface area contributed by atoms with E-state index >= 15 is 0 Å². The standard InChI is InChI=1S/C20H23N7O7.Ca/c21-20-25-16-15(17(31)26-20)24-12(8-23-16)7-22-11-3-1-10(2-4-11)18(32)27(9-28)13(19(33)34)5-6-14(29)30;/h1,3,8-11,13,22H,2,4-7H2,(H,29,30)(H,33,34)(H3,21,23,25,26,31);/t10?,11?,13-;/m0./s1. The fraction of sp³-hybridized carbons (Fsp3) is 0.400. The summed E-state index contributed by atoms with van der Waals surface area (Å²) in [6.45, 7) is 0.275. The van der Waals surface area contributed by atoms with Crippen LogP contribution < -0.4 is 16.6 Å². The average Bonchev–Trinajstić information content (AvgIpc) is 2.80. The maximum absolute atomic E-state index is 12.7. The Kier molecular flexibility index (Phi) is 10.2. The maximum atomic E-state index is 12.7. The zero-order chi connectivity index (χ0) is 24.8. The summed E-state index contributed by atoms with van der Waals surface area (Å²) in [5.41, 5.74) is 5.66. The Morgan fingerprint density at radius 2 is 2.00 bits per heavy atom. The van der Waals surface area contributed by atoms with Gasteiger partial charge in [0, 0.05) is 56.7 Å². The van der Waals surface area contributed by atoms with Crippen LogP contribution in [-0.4, -0.2) is 109 Å². The number of fused-ring (bicyclic) bond motifs is 1. The van der Waals surface area contributed by atoms with Gasteiger partial charge in [-0.25, -0.2) is 14.8 Å². The van der Waals surface area contributed by atoms with Crippen LogP contribution >= 0.6 is 0 Å². The van der Waals surface area contributed by atoms with E-state index in [2.05, 4.69) is 25.3 Å². The van der Waals surface area contributed by atoms with Gasteiger partial charge in [-0.3, -0.25) is 29.1 Å². The number of amides is 2. The molecule has 3 rings (SSSR count). The molecule has 2 aromatic rings. The third-order valence-electron chi connectivity index (χ3n) is 5.33. The Hall–Kier alpha value is -2.94. The topological polar surface area (TPSA) is 222 Å². The first-order valence-electron chi connectivity index (χ1n) is 10.3. The number of H-pyrrole nitrogens is 1. The smallest absolute Gasteiger partial charge is 0.326 e. The number of nitrogens with two attached hydrogens (primary N) is 1. The molecule has 1 aliphatic carbocycles. The monoisotopic (exact) mass is 513 g/mol. The van der Waals surface area contributed by atoms with E-state index in [-0.39, 0.29) is 80.3 Å². The van der Waals surface area contributed by atoms with E-state index in [1.54, 1.807) is 12.2 Å². The van der Waals surface area contributed by atoms with Crippen molar-refractivity contribution in [1.29, 1.82) is 0 Å². The molecule has 2 heterocycles. The number of carbonyl (C=O) groups is 4. The van der Waals surface area contributed by atoms with Crippen LogP contribution in [0.1, 0.15) is 31.4 Å². The molecule has 0 fully saturated rings. The van der Waals surface area contributed by atoms with Crippen molar-refractivity contribution >= 4 is 79.1 Å². The van der Waals surface area contributed by atoms with E-state index in [4.69, 9.17) is 10.8 Å². The van der Waals surface area contributed by atoms with E-state index in [1.165, 1.54) is 6.20 Å². The van der Waals surface area contributed by atoms with E-state index in [1.807, 2.05) is 0 Å². The van der Waals surface area contributed by atoms with Crippen molar-refractivity contribution in [2.75, 3.05) is 5.73 Å². The van der Waals surface area contributed by atoms with Crippen molar-refractivity contribution in [2.45, 2.75) is 44.3 Å². The van der Waals surface area contributed by atoms with Gasteiger partial charge < -0.3 is 21.3 Å². The summed E-state index contributed by atoms with van der Waals surface area (Å²) in [5, 5.41) is 21.3. The molecular weight excluding hydrogens is 490 g/mol. The number of hydrogen-bond donors (Lipinski definition) is 5. The summed E-state index contributed by atoms with van der Waals surface area (Å²) in [4.78, 5) is 73.5. The number of nitrogens with zero attached hydrogens (tertiary/aromatic N) is 4. The molecule has 0 aliphatic heterocycles. The summed E-state index contributed by atoms with van der Waals surface area (Å²) < 4.78 is 0. The Balaban J connectivity index is 0.00000432. The third-order valence-corrected chi connectivity index (χ3v) is 5.33. The number of carboxylic acids is 2. The molecule has 0 spiro atoms. The van der Waals surface area contributed by atoms with Gasteiger partial charge in [-0.15, -0.1) is 0 Å². The molecule has 182 valence electrons. The molecular formula is C20H23CaN7O7. The maximum Gasteiger partial charge on any atom is 0.326 e. The Bertz CT molecular complexity index is 1200. The third kappa shape index (κ3) is 7.27. The SMILES string of the molecule is Nc1nc2ncc(CNC3C=CC(C(=O)N(C=O)[C@@H](CCC(=O)O)C(=O)O)CC3)nc2c(=O)[nH]1.[Ca]. The second-order valence-corrected chi connectivity index (χ2v) is 7.68. The average molecular weight is 514 g/mol. The number of aromatic amines is 1. The minimum Gasteiger partial charge on any atom is -0.481 e. The normalized spacial score (nSPS) is 17.8. The molecule has 1 aliphatic rings. The largest absolute Gasteiger partial charge is 0.481 e. The number of rotatable bonds is 10. The molecule has 2 amide bonds. The zero-order valence-electron chi connectivity index (χ0n) is 18.6. The first-order valence-corrected chi connectivity index (χ1v) is 10.3. The van der Waals surface area contributed by atoms with Gasteiger partial charge in [0.15, 0.2) is 11.2 Å². The summed E-state index contributed by atoms with van der Waals surface area (Å²) in [6, 6.07) is -1.69. The van der Waals surface area contributed by atoms with Crippen LogP contribution in [0.3, 0.4) is 0 Å². The number of aromatic nitrogens is 4. The second-order valence-electron chi connectivity index (χ2n) is 7.68. The van der Waals surface area contributed by atoms with Crippen molar-refractivity contribution in [3.63, 3.8) is 0 Å². The van der Waals surface area contributed by atoms with E-state index < -0.39 is 41.8 Å². The molecule has 14 nitrogen and oxygen atoms in total. The van der Waals surface area contributed by atoms with Crippen molar-refractivity contribution in [3.05, 3.63) is 34.4 Å². The summed E-state index contributed by atoms with van der Waals surface area (Å²) in [7, 11) is 0. The molecule has 3 atom stereocenters. The van der Waals surface area contributed by atoms with Gasteiger partial charge in [-0.05, 0) is 19.3 Å². The molecule has 35 heavy (non-hydrogen) atoms. The van der Waals surface area contributed by atoms with Gasteiger partial charge in [-0.1, -0.05) is 12.2 Å². The molecule has 0 aromatic carbocycles. The van der Waals surface area contributed by atoms with Crippen LogP contribution in [0.15, 0.2) is 23.1 Å². The fourth-order valence-electron chi connectivity index (χ4n) is 3.60. The number of anilines is 1. The van der Waals surface area contributed by atoms with Crippen molar-refractivity contribution in [3.8, 4) is 0 Å². The summed E-state index contributed by atoms with van der Waals surface area (Å²) >= 11 is 0. The number of aliphatic carboxylic acids is 2. The van der Waals surface area contributed by atoms with Crippen LogP contribution in [0, 0.1) is 5.92 Å². The predicted octanol–water partition coefficient (Wildman–Crippen LogP) is -1.36. The van der Waals surface area contributed by atoms with E-state index in [0.29, 0.717) is 23.4 Å². The number of carboxylic acid groups (broad SMARTS) is 2. The Labute approximate surface area is 228 Å². The van der Waals surface area contributed by atoms with Gasteiger partial charge in [0.1, 0.15) is 6.04 Å². The first-order chi connectivity index (χ1) is 16.2. The van der Waals surface area contributed by atoms with Crippen molar-refractivity contribution < 1.29 is 29.4 Å². The minimum atomic E-state index is -1.55. The molecule has 2 radical (unpaired) electrons. The van der Waals surface area contributed by atoms with E-state index in [9.17, 15) is 29.1 Å². The van der Waals surface area contributed by atoms with Crippen molar-refractivity contribution in [2.24, 2.45) is 5.92 Å². The van der Waals surface area contributed by atoms with Crippen molar-refractivity contribution in [1.82, 2.24) is 30.2 Å². The Morgan fingerprint density at radius 3 is 2.60 bits per heavy atom. The predicted molar refractivity (Wildman–Crippen MR) is 122 cm³/mol. The van der Waals surface area contributed by atoms with Gasteiger partial charge >= 0.3 is 11.9 Å². The molecule has 0 bridgehead atoms. The number of hydrogen-bond acceptors (Lipinski definition) is 10. The number of nitrogens with one attached hydrogen (secondary N) is 2. The van der Waals surface area contributed by atoms with Crippen LogP contribution in [0.2, 0.25) is 0 Å². The first kappa shape index (κ1) is 28.3. The number of imide groups is 1. The second kappa shape index (κ2) is 12.7. The number of carbonyl (C=O) groups excluding carboxylic acids is 2. The van der Waals surface area contributed by atoms with E-state index in [0.717, 1.165) is 0 Å². The van der Waals surface area contributed by atoms with Crippen LogP contribution in [0.25, 0.3) is 11.2 Å². The van der Waals surface area contributed by atoms with Crippen LogP contribution in [0.5, 0.6) is 0 Å². The molecule has 0 saturated carbocycles. The minimum absolute atomic E-state index is 0. The molecule has 2 aromatic heterocycles. The quantitative estimate of drug-likeness (QED) is 0.141. The number of nitrogen functional groups attached to an aromatic ring is 1. The van der Waals surface area contributed by atoms with Crippen LogP contribution in [0.4, 0.5) is 5.95 Å². The Morgan fingerprint density at radius 1 is 1.26 bits per heavy atom. The van der Waals surface area contributed by atoms with Gasteiger partial charge in [0.2, 0.25) is 18.3 Å². The molecule has 6 N–H and O–H groups in total. The van der Waals surface area contributed by atoms with Crippen LogP contribution in [-0.2, 0) is 25.7 Å². The molecule has 0 saturated heterocycles. The zero-order valence-corrected chi connectivity index (χ0v) is 20.8. The fourth-order valence-corrected chi connectivity index (χ4v) is 3.60. The van der Waals surface area contributed by atoms with Gasteiger partial charge in [-0.2, -0.15) is 4.98 Å². The molecule has 15 heteroatoms. The van der Waals surface area contributed by atoms with Gasteiger partial charge in [0.25, 0.3) is 5.56 Å².